The molecule has 0 radical (unpaired) electrons. The van der Waals surface area contributed by atoms with E-state index in [0.29, 0.717) is 0 Å². The summed E-state index contributed by atoms with van der Waals surface area (Å²) >= 11 is 0. The second kappa shape index (κ2) is 7.44. The Morgan fingerprint density at radius 3 is 2.19 bits per heavy atom. The minimum absolute atomic E-state index is 0.0382. The molecule has 0 heterocycles. The largest absolute Gasteiger partial charge is 0.478 e. The fraction of sp³-hybridized carbons (Fsp3) is 0.188. The molecule has 0 aliphatic heterocycles. The molecular formula is C16H17NO7S2. The van der Waals surface area contributed by atoms with Gasteiger partial charge >= 0.3 is 5.97 Å². The maximum atomic E-state index is 11.9. The molecule has 2 rings (SSSR count). The molecule has 140 valence electrons. The van der Waals surface area contributed by atoms with Gasteiger partial charge in [0.15, 0.2) is 9.84 Å². The summed E-state index contributed by atoms with van der Waals surface area (Å²) in [4.78, 5) is 10.8. The maximum absolute atomic E-state index is 11.9. The molecule has 2 aromatic rings. The summed E-state index contributed by atoms with van der Waals surface area (Å²) in [6.07, 6.45) is 0.937. The number of sulfonamides is 1. The van der Waals surface area contributed by atoms with Crippen molar-refractivity contribution in [2.24, 2.45) is 0 Å². The van der Waals surface area contributed by atoms with Gasteiger partial charge < -0.3 is 9.84 Å². The zero-order valence-electron chi connectivity index (χ0n) is 14.0. The molecule has 2 aromatic carbocycles. The highest BCUT2D eigenvalue weighted by Crippen LogP contribution is 2.30. The van der Waals surface area contributed by atoms with E-state index in [0.717, 1.165) is 12.3 Å². The van der Waals surface area contributed by atoms with Crippen molar-refractivity contribution in [3.63, 3.8) is 0 Å². The van der Waals surface area contributed by atoms with Gasteiger partial charge in [-0.2, -0.15) is 0 Å². The lowest BCUT2D eigenvalue weighted by Gasteiger charge is -2.11. The molecule has 0 bridgehead atoms. The van der Waals surface area contributed by atoms with Gasteiger partial charge in [0, 0.05) is 12.8 Å². The molecule has 0 saturated carbocycles. The van der Waals surface area contributed by atoms with Crippen molar-refractivity contribution >= 4 is 25.8 Å². The molecule has 10 heteroatoms. The predicted molar refractivity (Wildman–Crippen MR) is 93.9 cm³/mol. The van der Waals surface area contributed by atoms with Crippen LogP contribution in [0.4, 0.5) is 0 Å². The summed E-state index contributed by atoms with van der Waals surface area (Å²) in [7, 11) is -7.36. The topological polar surface area (TPSA) is 127 Å². The van der Waals surface area contributed by atoms with Crippen LogP contribution in [-0.2, 0) is 19.9 Å². The minimum atomic E-state index is -3.74. The number of ether oxygens (including phenoxy) is 1. The minimum Gasteiger partial charge on any atom is -0.478 e. The van der Waals surface area contributed by atoms with Crippen LogP contribution >= 0.6 is 0 Å². The van der Waals surface area contributed by atoms with Crippen molar-refractivity contribution < 1.29 is 31.5 Å². The Balaban J connectivity index is 2.38. The van der Waals surface area contributed by atoms with Gasteiger partial charge in [0.2, 0.25) is 10.0 Å². The first kappa shape index (κ1) is 19.9. The molecule has 0 spiro atoms. The Morgan fingerprint density at radius 1 is 1.08 bits per heavy atom. The summed E-state index contributed by atoms with van der Waals surface area (Å²) in [5.74, 6) is -1.12. The lowest BCUT2D eigenvalue weighted by atomic mass is 10.2. The van der Waals surface area contributed by atoms with Crippen molar-refractivity contribution in [2.75, 3.05) is 12.8 Å². The van der Waals surface area contributed by atoms with Crippen LogP contribution in [0, 0.1) is 0 Å². The van der Waals surface area contributed by atoms with Gasteiger partial charge in [-0.3, -0.25) is 0 Å². The predicted octanol–water partition coefficient (Wildman–Crippen LogP) is 1.88. The van der Waals surface area contributed by atoms with E-state index in [1.807, 2.05) is 0 Å². The number of benzene rings is 2. The number of aromatic carboxylic acids is 1. The highest BCUT2D eigenvalue weighted by atomic mass is 32.2. The third kappa shape index (κ3) is 4.59. The first-order chi connectivity index (χ1) is 12.0. The van der Waals surface area contributed by atoms with Gasteiger partial charge in [0.25, 0.3) is 0 Å². The Kier molecular flexibility index (Phi) is 5.69. The Labute approximate surface area is 151 Å². The third-order valence-electron chi connectivity index (χ3n) is 3.29. The number of hydrogen-bond acceptors (Lipinski definition) is 6. The smallest absolute Gasteiger partial charge is 0.335 e. The van der Waals surface area contributed by atoms with Gasteiger partial charge in [-0.05, 0) is 42.5 Å². The maximum Gasteiger partial charge on any atom is 0.335 e. The van der Waals surface area contributed by atoms with E-state index in [1.165, 1.54) is 36.4 Å². The fourth-order valence-electron chi connectivity index (χ4n) is 2.10. The van der Waals surface area contributed by atoms with Gasteiger partial charge in [-0.25, -0.2) is 26.4 Å². The average Bonchev–Trinajstić information content (AvgIpc) is 2.54. The van der Waals surface area contributed by atoms with Gasteiger partial charge in [-0.1, -0.05) is 6.92 Å². The SMILES string of the molecule is CCNS(=O)(=O)c1ccc(Oc2ccc(C(=O)O)cc2S(C)(=O)=O)cc1. The van der Waals surface area contributed by atoms with Crippen molar-refractivity contribution in [2.45, 2.75) is 16.7 Å². The van der Waals surface area contributed by atoms with Crippen LogP contribution in [0.1, 0.15) is 17.3 Å². The van der Waals surface area contributed by atoms with Crippen LogP contribution in [-0.4, -0.2) is 40.7 Å². The molecular weight excluding hydrogens is 382 g/mol. The standard InChI is InChI=1S/C16H17NO7S2/c1-3-17-26(22,23)13-7-5-12(6-8-13)24-14-9-4-11(16(18)19)10-15(14)25(2,20)21/h4-10,17H,3H2,1-2H3,(H,18,19). The Morgan fingerprint density at radius 2 is 1.69 bits per heavy atom. The van der Waals surface area contributed by atoms with Crippen molar-refractivity contribution in [3.05, 3.63) is 48.0 Å². The average molecular weight is 399 g/mol. The number of hydrogen-bond donors (Lipinski definition) is 2. The van der Waals surface area contributed by atoms with E-state index in [9.17, 15) is 21.6 Å². The van der Waals surface area contributed by atoms with Crippen LogP contribution in [0.2, 0.25) is 0 Å². The van der Waals surface area contributed by atoms with Crippen LogP contribution in [0.5, 0.6) is 11.5 Å². The van der Waals surface area contributed by atoms with Gasteiger partial charge in [-0.15, -0.1) is 0 Å². The van der Waals surface area contributed by atoms with Crippen molar-refractivity contribution in [3.8, 4) is 11.5 Å². The third-order valence-corrected chi connectivity index (χ3v) is 5.97. The zero-order valence-corrected chi connectivity index (χ0v) is 15.6. The van der Waals surface area contributed by atoms with Crippen molar-refractivity contribution in [1.82, 2.24) is 4.72 Å². The number of sulfone groups is 1. The highest BCUT2D eigenvalue weighted by molar-refractivity contribution is 7.90. The summed E-state index contributed by atoms with van der Waals surface area (Å²) in [5.41, 5.74) is -0.190. The number of nitrogens with one attached hydrogen (secondary N) is 1. The van der Waals surface area contributed by atoms with Crippen molar-refractivity contribution in [1.29, 1.82) is 0 Å². The Hall–Kier alpha value is -2.43. The summed E-state index contributed by atoms with van der Waals surface area (Å²) in [6, 6.07) is 8.86. The summed E-state index contributed by atoms with van der Waals surface area (Å²) in [5, 5.41) is 9.01. The van der Waals surface area contributed by atoms with E-state index in [4.69, 9.17) is 9.84 Å². The quantitative estimate of drug-likeness (QED) is 0.728. The molecule has 0 aliphatic carbocycles. The molecule has 0 amide bonds. The monoisotopic (exact) mass is 399 g/mol. The molecule has 0 atom stereocenters. The lowest BCUT2D eigenvalue weighted by molar-refractivity contribution is 0.0696. The zero-order chi connectivity index (χ0) is 19.5. The van der Waals surface area contributed by atoms with Crippen LogP contribution < -0.4 is 9.46 Å². The second-order valence-corrected chi connectivity index (χ2v) is 9.06. The molecule has 0 unspecified atom stereocenters. The molecule has 2 N–H and O–H groups in total. The number of carboxylic acids is 1. The molecule has 26 heavy (non-hydrogen) atoms. The van der Waals surface area contributed by atoms with E-state index in [-0.39, 0.29) is 33.4 Å². The lowest BCUT2D eigenvalue weighted by Crippen LogP contribution is -2.22. The number of carboxylic acid groups (broad SMARTS) is 1. The summed E-state index contributed by atoms with van der Waals surface area (Å²) in [6.45, 7) is 1.90. The number of rotatable bonds is 7. The van der Waals surface area contributed by atoms with Crippen LogP contribution in [0.25, 0.3) is 0 Å². The van der Waals surface area contributed by atoms with E-state index in [1.54, 1.807) is 6.92 Å². The number of carbonyl (C=O) groups is 1. The van der Waals surface area contributed by atoms with Gasteiger partial charge in [0.05, 0.1) is 10.5 Å². The van der Waals surface area contributed by atoms with Crippen LogP contribution in [0.15, 0.2) is 52.3 Å². The summed E-state index contributed by atoms with van der Waals surface area (Å²) < 4.78 is 55.5. The molecule has 0 aliphatic rings. The molecule has 0 saturated heterocycles. The molecule has 0 aromatic heterocycles. The molecule has 8 nitrogen and oxygen atoms in total. The highest BCUT2D eigenvalue weighted by Gasteiger charge is 2.19. The van der Waals surface area contributed by atoms with E-state index >= 15 is 0 Å². The second-order valence-electron chi connectivity index (χ2n) is 5.31. The molecule has 0 fully saturated rings. The fourth-order valence-corrected chi connectivity index (χ4v) is 3.96. The van der Waals surface area contributed by atoms with E-state index in [2.05, 4.69) is 4.72 Å². The first-order valence-electron chi connectivity index (χ1n) is 7.39. The first-order valence-corrected chi connectivity index (χ1v) is 10.8. The normalized spacial score (nSPS) is 11.9. The van der Waals surface area contributed by atoms with E-state index < -0.39 is 25.8 Å². The van der Waals surface area contributed by atoms with Gasteiger partial charge in [0.1, 0.15) is 16.4 Å². The Bertz CT molecular complexity index is 1030. The van der Waals surface area contributed by atoms with Crippen LogP contribution in [0.3, 0.4) is 0 Å².